The average Bonchev–Trinajstić information content (AvgIpc) is 2.65. The molecule has 0 aliphatic carbocycles. The van der Waals surface area contributed by atoms with Gasteiger partial charge in [-0.05, 0) is 48.9 Å². The summed E-state index contributed by atoms with van der Waals surface area (Å²) >= 11 is 0. The third-order valence-corrected chi connectivity index (χ3v) is 3.70. The quantitative estimate of drug-likeness (QED) is 0.641. The number of ether oxygens (including phenoxy) is 2. The largest absolute Gasteiger partial charge is 0.494 e. The Balaban J connectivity index is 1.76. The molecular formula is C20H22F3NO3. The summed E-state index contributed by atoms with van der Waals surface area (Å²) in [4.78, 5) is 12.1. The van der Waals surface area contributed by atoms with Crippen LogP contribution in [0.2, 0.25) is 0 Å². The van der Waals surface area contributed by atoms with Crippen LogP contribution in [-0.4, -0.2) is 25.7 Å². The normalized spacial score (nSPS) is 11.1. The number of amides is 1. The fourth-order valence-corrected chi connectivity index (χ4v) is 2.23. The highest BCUT2D eigenvalue weighted by molar-refractivity contribution is 5.94. The first-order valence-electron chi connectivity index (χ1n) is 8.71. The highest BCUT2D eigenvalue weighted by Gasteiger charge is 2.30. The van der Waals surface area contributed by atoms with E-state index in [1.807, 2.05) is 0 Å². The molecule has 0 atom stereocenters. The van der Waals surface area contributed by atoms with Gasteiger partial charge in [0.05, 0.1) is 18.7 Å². The lowest BCUT2D eigenvalue weighted by molar-refractivity contribution is -0.137. The number of benzene rings is 2. The highest BCUT2D eigenvalue weighted by atomic mass is 19.4. The standard InChI is InChI=1S/C20H22F3NO3/c1-2-3-12-26-17-9-7-15(8-10-17)19(25)24-11-13-27-18-6-4-5-16(14-18)20(21,22)23/h4-10,14H,2-3,11-13H2,1H3,(H,24,25). The molecule has 0 heterocycles. The van der Waals surface area contributed by atoms with E-state index in [9.17, 15) is 18.0 Å². The Kier molecular flexibility index (Phi) is 7.52. The van der Waals surface area contributed by atoms with Gasteiger partial charge in [-0.2, -0.15) is 13.2 Å². The minimum atomic E-state index is -4.42. The first-order valence-corrected chi connectivity index (χ1v) is 8.71. The molecule has 0 aromatic heterocycles. The zero-order valence-corrected chi connectivity index (χ0v) is 15.0. The SMILES string of the molecule is CCCCOc1ccc(C(=O)NCCOc2cccc(C(F)(F)F)c2)cc1. The average molecular weight is 381 g/mol. The number of carbonyl (C=O) groups is 1. The zero-order chi connectivity index (χ0) is 19.7. The summed E-state index contributed by atoms with van der Waals surface area (Å²) in [6.07, 6.45) is -2.41. The van der Waals surface area contributed by atoms with Crippen molar-refractivity contribution in [1.82, 2.24) is 5.32 Å². The van der Waals surface area contributed by atoms with Crippen LogP contribution in [0.4, 0.5) is 13.2 Å². The molecule has 1 N–H and O–H groups in total. The smallest absolute Gasteiger partial charge is 0.416 e. The lowest BCUT2D eigenvalue weighted by Gasteiger charge is -2.11. The predicted octanol–water partition coefficient (Wildman–Crippen LogP) is 4.69. The maximum Gasteiger partial charge on any atom is 0.416 e. The zero-order valence-electron chi connectivity index (χ0n) is 15.0. The van der Waals surface area contributed by atoms with Crippen molar-refractivity contribution in [1.29, 1.82) is 0 Å². The number of hydrogen-bond acceptors (Lipinski definition) is 3. The van der Waals surface area contributed by atoms with Gasteiger partial charge in [-0.25, -0.2) is 0 Å². The fourth-order valence-electron chi connectivity index (χ4n) is 2.23. The maximum atomic E-state index is 12.6. The van der Waals surface area contributed by atoms with Crippen LogP contribution in [0.15, 0.2) is 48.5 Å². The fraction of sp³-hybridized carbons (Fsp3) is 0.350. The van der Waals surface area contributed by atoms with Gasteiger partial charge >= 0.3 is 6.18 Å². The Bertz CT molecular complexity index is 730. The van der Waals surface area contributed by atoms with E-state index in [0.717, 1.165) is 25.0 Å². The van der Waals surface area contributed by atoms with Crippen LogP contribution in [0, 0.1) is 0 Å². The summed E-state index contributed by atoms with van der Waals surface area (Å²) in [5.74, 6) is 0.517. The molecule has 0 saturated heterocycles. The van der Waals surface area contributed by atoms with Crippen LogP contribution in [-0.2, 0) is 6.18 Å². The maximum absolute atomic E-state index is 12.6. The molecule has 27 heavy (non-hydrogen) atoms. The van der Waals surface area contributed by atoms with Crippen LogP contribution >= 0.6 is 0 Å². The van der Waals surface area contributed by atoms with Crippen LogP contribution < -0.4 is 14.8 Å². The van der Waals surface area contributed by atoms with Crippen molar-refractivity contribution in [2.24, 2.45) is 0 Å². The number of carbonyl (C=O) groups excluding carboxylic acids is 1. The molecule has 0 radical (unpaired) electrons. The molecule has 2 aromatic rings. The Hall–Kier alpha value is -2.70. The molecular weight excluding hydrogens is 359 g/mol. The molecule has 0 spiro atoms. The molecule has 4 nitrogen and oxygen atoms in total. The van der Waals surface area contributed by atoms with E-state index < -0.39 is 11.7 Å². The van der Waals surface area contributed by atoms with E-state index in [4.69, 9.17) is 9.47 Å². The van der Waals surface area contributed by atoms with Crippen LogP contribution in [0.3, 0.4) is 0 Å². The molecule has 0 fully saturated rings. The van der Waals surface area contributed by atoms with Crippen molar-refractivity contribution in [3.8, 4) is 11.5 Å². The highest BCUT2D eigenvalue weighted by Crippen LogP contribution is 2.31. The van der Waals surface area contributed by atoms with E-state index in [1.54, 1.807) is 24.3 Å². The van der Waals surface area contributed by atoms with E-state index >= 15 is 0 Å². The van der Waals surface area contributed by atoms with Crippen molar-refractivity contribution in [2.75, 3.05) is 19.8 Å². The molecule has 2 aromatic carbocycles. The first kappa shape index (κ1) is 20.6. The lowest BCUT2D eigenvalue weighted by Crippen LogP contribution is -2.28. The summed E-state index contributed by atoms with van der Waals surface area (Å²) in [6.45, 7) is 2.94. The van der Waals surface area contributed by atoms with Crippen molar-refractivity contribution < 1.29 is 27.4 Å². The Morgan fingerprint density at radius 3 is 2.37 bits per heavy atom. The molecule has 2 rings (SSSR count). The summed E-state index contributed by atoms with van der Waals surface area (Å²) in [6, 6.07) is 11.4. The van der Waals surface area contributed by atoms with Crippen molar-refractivity contribution in [2.45, 2.75) is 25.9 Å². The molecule has 0 aliphatic rings. The predicted molar refractivity (Wildman–Crippen MR) is 96.1 cm³/mol. The van der Waals surface area contributed by atoms with Gasteiger partial charge < -0.3 is 14.8 Å². The number of unbranched alkanes of at least 4 members (excludes halogenated alkanes) is 1. The minimum absolute atomic E-state index is 0.0608. The molecule has 1 amide bonds. The molecule has 0 bridgehead atoms. The molecule has 0 aliphatic heterocycles. The Morgan fingerprint density at radius 2 is 1.70 bits per heavy atom. The molecule has 0 unspecified atom stereocenters. The minimum Gasteiger partial charge on any atom is -0.494 e. The van der Waals surface area contributed by atoms with E-state index in [0.29, 0.717) is 17.9 Å². The van der Waals surface area contributed by atoms with Gasteiger partial charge in [0.2, 0.25) is 0 Å². The van der Waals surface area contributed by atoms with Crippen molar-refractivity contribution in [3.63, 3.8) is 0 Å². The molecule has 0 saturated carbocycles. The van der Waals surface area contributed by atoms with Gasteiger partial charge in [0.25, 0.3) is 5.91 Å². The second-order valence-electron chi connectivity index (χ2n) is 5.86. The van der Waals surface area contributed by atoms with Gasteiger partial charge in [0, 0.05) is 5.56 Å². The van der Waals surface area contributed by atoms with E-state index in [1.165, 1.54) is 12.1 Å². The van der Waals surface area contributed by atoms with E-state index in [2.05, 4.69) is 12.2 Å². The van der Waals surface area contributed by atoms with Crippen LogP contribution in [0.5, 0.6) is 11.5 Å². The van der Waals surface area contributed by atoms with Crippen molar-refractivity contribution in [3.05, 3.63) is 59.7 Å². The number of alkyl halides is 3. The van der Waals surface area contributed by atoms with Gasteiger partial charge in [-0.15, -0.1) is 0 Å². The molecule has 146 valence electrons. The number of nitrogens with one attached hydrogen (secondary N) is 1. The monoisotopic (exact) mass is 381 g/mol. The van der Waals surface area contributed by atoms with E-state index in [-0.39, 0.29) is 24.8 Å². The summed E-state index contributed by atoms with van der Waals surface area (Å²) in [5, 5.41) is 2.66. The third-order valence-electron chi connectivity index (χ3n) is 3.70. The summed E-state index contributed by atoms with van der Waals surface area (Å²) in [7, 11) is 0. The van der Waals surface area contributed by atoms with Gasteiger partial charge in [0.15, 0.2) is 0 Å². The number of halogens is 3. The summed E-state index contributed by atoms with van der Waals surface area (Å²) in [5.41, 5.74) is -0.304. The number of hydrogen-bond donors (Lipinski definition) is 1. The van der Waals surface area contributed by atoms with Crippen LogP contribution in [0.25, 0.3) is 0 Å². The van der Waals surface area contributed by atoms with Gasteiger partial charge in [-0.1, -0.05) is 19.4 Å². The first-order chi connectivity index (χ1) is 12.9. The van der Waals surface area contributed by atoms with Gasteiger partial charge in [0.1, 0.15) is 18.1 Å². The van der Waals surface area contributed by atoms with Crippen LogP contribution in [0.1, 0.15) is 35.7 Å². The third kappa shape index (κ3) is 6.84. The number of rotatable bonds is 9. The summed E-state index contributed by atoms with van der Waals surface area (Å²) < 4.78 is 48.7. The second kappa shape index (κ2) is 9.85. The molecule has 7 heteroatoms. The Labute approximate surface area is 156 Å². The Morgan fingerprint density at radius 1 is 1.00 bits per heavy atom. The van der Waals surface area contributed by atoms with Crippen molar-refractivity contribution >= 4 is 5.91 Å². The lowest BCUT2D eigenvalue weighted by atomic mass is 10.2. The topological polar surface area (TPSA) is 47.6 Å². The van der Waals surface area contributed by atoms with Gasteiger partial charge in [-0.3, -0.25) is 4.79 Å². The second-order valence-corrected chi connectivity index (χ2v) is 5.86.